The summed E-state index contributed by atoms with van der Waals surface area (Å²) in [4.78, 5) is 15.3. The first-order chi connectivity index (χ1) is 6.65. The maximum Gasteiger partial charge on any atom is 0.318 e. The molecule has 3 nitrogen and oxygen atoms in total. The topological polar surface area (TPSA) is 39.2 Å². The molecule has 0 radical (unpaired) electrons. The monoisotopic (exact) mass is 275 g/mol. The van der Waals surface area contributed by atoms with Crippen molar-refractivity contribution in [2.24, 2.45) is 0 Å². The van der Waals surface area contributed by atoms with Crippen LogP contribution in [0.2, 0.25) is 0 Å². The van der Waals surface area contributed by atoms with Crippen LogP contribution < -0.4 is 0 Å². The van der Waals surface area contributed by atoms with Gasteiger partial charge in [0.15, 0.2) is 0 Å². The Morgan fingerprint density at radius 1 is 1.71 bits per heavy atom. The highest BCUT2D eigenvalue weighted by Gasteiger charge is 2.16. The van der Waals surface area contributed by atoms with E-state index in [1.54, 1.807) is 13.1 Å². The molecule has 1 rings (SSSR count). The van der Waals surface area contributed by atoms with Crippen molar-refractivity contribution in [3.8, 4) is 0 Å². The smallest absolute Gasteiger partial charge is 0.318 e. The molecule has 1 aromatic heterocycles. The highest BCUT2D eigenvalue weighted by atomic mass is 79.9. The van der Waals surface area contributed by atoms with Crippen LogP contribution in [0.1, 0.15) is 6.92 Å². The Hall–Kier alpha value is -0.550. The third-order valence-corrected chi connectivity index (χ3v) is 3.54. The largest absolute Gasteiger partial charge is 0.468 e. The summed E-state index contributed by atoms with van der Waals surface area (Å²) in [6, 6.07) is 3.72. The van der Waals surface area contributed by atoms with Gasteiger partial charge in [0.2, 0.25) is 0 Å². The van der Waals surface area contributed by atoms with E-state index < -0.39 is 0 Å². The lowest BCUT2D eigenvalue weighted by atomic mass is 10.5. The van der Waals surface area contributed by atoms with Crippen LogP contribution in [0.3, 0.4) is 0 Å². The lowest BCUT2D eigenvalue weighted by Crippen LogP contribution is -2.14. The third kappa shape index (κ3) is 2.99. The molecule has 0 bridgehead atoms. The van der Waals surface area contributed by atoms with Gasteiger partial charge in [-0.1, -0.05) is 11.8 Å². The fourth-order valence-electron chi connectivity index (χ4n) is 0.839. The Labute approximate surface area is 95.4 Å². The van der Waals surface area contributed by atoms with Gasteiger partial charge in [0.1, 0.15) is 10.3 Å². The first-order valence-electron chi connectivity index (χ1n) is 4.00. The van der Waals surface area contributed by atoms with Crippen LogP contribution in [-0.4, -0.2) is 23.3 Å². The number of carbonyl (C=O) groups excluding carboxylic acids is 1. The van der Waals surface area contributed by atoms with Gasteiger partial charge in [0.25, 0.3) is 0 Å². The normalized spacial score (nSPS) is 12.2. The van der Waals surface area contributed by atoms with Crippen molar-refractivity contribution in [2.45, 2.75) is 17.2 Å². The summed E-state index contributed by atoms with van der Waals surface area (Å²) in [6.07, 6.45) is 1.69. The number of methoxy groups -OCH3 is 1. The zero-order valence-electron chi connectivity index (χ0n) is 7.86. The van der Waals surface area contributed by atoms with E-state index >= 15 is 0 Å². The van der Waals surface area contributed by atoms with Crippen LogP contribution in [0.15, 0.2) is 27.8 Å². The lowest BCUT2D eigenvalue weighted by molar-refractivity contribution is -0.139. The zero-order valence-corrected chi connectivity index (χ0v) is 10.3. The number of hydrogen-bond donors (Lipinski definition) is 0. The van der Waals surface area contributed by atoms with Gasteiger partial charge in [-0.15, -0.1) is 0 Å². The Morgan fingerprint density at radius 2 is 2.43 bits per heavy atom. The molecule has 0 fully saturated rings. The van der Waals surface area contributed by atoms with Gasteiger partial charge in [0.05, 0.1) is 7.11 Å². The number of aromatic nitrogens is 1. The van der Waals surface area contributed by atoms with Crippen molar-refractivity contribution in [3.05, 3.63) is 22.8 Å². The second-order valence-corrected chi connectivity index (χ2v) is 4.76. The fourth-order valence-corrected chi connectivity index (χ4v) is 2.20. The van der Waals surface area contributed by atoms with E-state index in [9.17, 15) is 4.79 Å². The molecule has 1 heterocycles. The van der Waals surface area contributed by atoms with E-state index in [4.69, 9.17) is 0 Å². The number of esters is 1. The van der Waals surface area contributed by atoms with Crippen LogP contribution in [0, 0.1) is 0 Å². The van der Waals surface area contributed by atoms with E-state index in [1.807, 2.05) is 12.1 Å². The molecule has 0 spiro atoms. The summed E-state index contributed by atoms with van der Waals surface area (Å²) in [6.45, 7) is 1.79. The molecule has 0 amide bonds. The van der Waals surface area contributed by atoms with E-state index in [0.717, 1.165) is 9.50 Å². The second-order valence-electron chi connectivity index (χ2n) is 2.57. The summed E-state index contributed by atoms with van der Waals surface area (Å²) in [5.74, 6) is -0.243. The first kappa shape index (κ1) is 11.5. The minimum atomic E-state index is -0.244. The van der Waals surface area contributed by atoms with Gasteiger partial charge < -0.3 is 4.74 Å². The summed E-state index contributed by atoms with van der Waals surface area (Å²) in [5.41, 5.74) is 0. The van der Waals surface area contributed by atoms with E-state index in [-0.39, 0.29) is 11.2 Å². The summed E-state index contributed by atoms with van der Waals surface area (Å²) in [5, 5.41) is 0.552. The molecule has 0 unspecified atom stereocenters. The Balaban J connectivity index is 2.69. The molecule has 1 atom stereocenters. The number of carbonyl (C=O) groups is 1. The highest BCUT2D eigenvalue weighted by Crippen LogP contribution is 2.28. The standard InChI is InChI=1S/C9H10BrNO2S/c1-6(9(12)13-2)14-8-7(10)4-3-5-11-8/h3-6H,1-2H3/t6-/m1/s1. The number of halogens is 1. The van der Waals surface area contributed by atoms with Gasteiger partial charge in [-0.05, 0) is 35.0 Å². The van der Waals surface area contributed by atoms with Crippen molar-refractivity contribution < 1.29 is 9.53 Å². The Morgan fingerprint density at radius 3 is 3.00 bits per heavy atom. The van der Waals surface area contributed by atoms with E-state index in [2.05, 4.69) is 25.7 Å². The Bertz CT molecular complexity index is 332. The third-order valence-electron chi connectivity index (χ3n) is 1.55. The van der Waals surface area contributed by atoms with Crippen LogP contribution in [0.4, 0.5) is 0 Å². The van der Waals surface area contributed by atoms with Crippen molar-refractivity contribution >= 4 is 33.7 Å². The lowest BCUT2D eigenvalue weighted by Gasteiger charge is -2.08. The maximum absolute atomic E-state index is 11.1. The minimum Gasteiger partial charge on any atom is -0.468 e. The molecule has 14 heavy (non-hydrogen) atoms. The molecule has 0 saturated carbocycles. The predicted octanol–water partition coefficient (Wildman–Crippen LogP) is 2.50. The quantitative estimate of drug-likeness (QED) is 0.628. The van der Waals surface area contributed by atoms with Crippen molar-refractivity contribution in [3.63, 3.8) is 0 Å². The number of ether oxygens (including phenoxy) is 1. The van der Waals surface area contributed by atoms with Gasteiger partial charge in [-0.25, -0.2) is 4.98 Å². The van der Waals surface area contributed by atoms with Crippen molar-refractivity contribution in [1.82, 2.24) is 4.98 Å². The van der Waals surface area contributed by atoms with Crippen LogP contribution in [0.25, 0.3) is 0 Å². The van der Waals surface area contributed by atoms with Gasteiger partial charge in [0, 0.05) is 10.7 Å². The van der Waals surface area contributed by atoms with Gasteiger partial charge >= 0.3 is 5.97 Å². The molecule has 0 aliphatic carbocycles. The number of nitrogens with zero attached hydrogens (tertiary/aromatic N) is 1. The molecule has 0 aliphatic heterocycles. The molecule has 0 saturated heterocycles. The molecule has 0 aromatic carbocycles. The number of pyridine rings is 1. The average Bonchev–Trinajstić information content (AvgIpc) is 2.20. The summed E-state index contributed by atoms with van der Waals surface area (Å²) in [7, 11) is 1.38. The molecule has 0 aliphatic rings. The molecular formula is C9H10BrNO2S. The molecule has 1 aromatic rings. The zero-order chi connectivity index (χ0) is 10.6. The van der Waals surface area contributed by atoms with Crippen LogP contribution in [0.5, 0.6) is 0 Å². The SMILES string of the molecule is COC(=O)[C@@H](C)Sc1ncccc1Br. The number of rotatable bonds is 3. The number of thioether (sulfide) groups is 1. The molecule has 5 heteroatoms. The fraction of sp³-hybridized carbons (Fsp3) is 0.333. The Kier molecular flexibility index (Phi) is 4.41. The van der Waals surface area contributed by atoms with Gasteiger partial charge in [-0.2, -0.15) is 0 Å². The van der Waals surface area contributed by atoms with Gasteiger partial charge in [-0.3, -0.25) is 4.79 Å². The van der Waals surface area contributed by atoms with Crippen molar-refractivity contribution in [2.75, 3.05) is 7.11 Å². The highest BCUT2D eigenvalue weighted by molar-refractivity contribution is 9.10. The average molecular weight is 276 g/mol. The molecule has 76 valence electrons. The van der Waals surface area contributed by atoms with Crippen molar-refractivity contribution in [1.29, 1.82) is 0 Å². The molecule has 0 N–H and O–H groups in total. The molecular weight excluding hydrogens is 266 g/mol. The predicted molar refractivity (Wildman–Crippen MR) is 59.3 cm³/mol. The minimum absolute atomic E-state index is 0.243. The second kappa shape index (κ2) is 5.36. The van der Waals surface area contributed by atoms with Crippen LogP contribution >= 0.6 is 27.7 Å². The summed E-state index contributed by atoms with van der Waals surface area (Å²) >= 11 is 4.73. The number of hydrogen-bond acceptors (Lipinski definition) is 4. The van der Waals surface area contributed by atoms with Crippen LogP contribution in [-0.2, 0) is 9.53 Å². The van der Waals surface area contributed by atoms with E-state index in [0.29, 0.717) is 0 Å². The maximum atomic E-state index is 11.1. The first-order valence-corrected chi connectivity index (χ1v) is 5.67. The summed E-state index contributed by atoms with van der Waals surface area (Å²) < 4.78 is 5.51. The van der Waals surface area contributed by atoms with E-state index in [1.165, 1.54) is 18.9 Å².